The van der Waals surface area contributed by atoms with Crippen LogP contribution in [0.3, 0.4) is 0 Å². The summed E-state index contributed by atoms with van der Waals surface area (Å²) in [6.07, 6.45) is 1.10. The minimum atomic E-state index is -0.564. The second kappa shape index (κ2) is 7.09. The first-order chi connectivity index (χ1) is 14.5. The molecular formula is C23H23N3O4. The molecule has 30 heavy (non-hydrogen) atoms. The first kappa shape index (κ1) is 18.5. The van der Waals surface area contributed by atoms with E-state index in [9.17, 15) is 9.59 Å². The SMILES string of the molecule is Cc1ccc2[nH]c(Cc3ccc4c(c3)OCO4)c(CC3NC(=O)CN(C)C3=O)c2c1. The van der Waals surface area contributed by atoms with Crippen molar-refractivity contribution in [2.45, 2.75) is 25.8 Å². The smallest absolute Gasteiger partial charge is 0.245 e. The summed E-state index contributed by atoms with van der Waals surface area (Å²) in [5, 5.41) is 3.94. The summed E-state index contributed by atoms with van der Waals surface area (Å²) in [6.45, 7) is 2.40. The molecule has 0 bridgehead atoms. The van der Waals surface area contributed by atoms with E-state index in [4.69, 9.17) is 9.47 Å². The molecule has 1 unspecified atom stereocenters. The Balaban J connectivity index is 1.53. The van der Waals surface area contributed by atoms with Crippen LogP contribution in [-0.2, 0) is 22.4 Å². The minimum Gasteiger partial charge on any atom is -0.454 e. The van der Waals surface area contributed by atoms with E-state index in [0.717, 1.165) is 44.8 Å². The Morgan fingerprint density at radius 1 is 1.10 bits per heavy atom. The highest BCUT2D eigenvalue weighted by molar-refractivity contribution is 5.95. The summed E-state index contributed by atoms with van der Waals surface area (Å²) in [6, 6.07) is 11.6. The Labute approximate surface area is 174 Å². The number of carbonyl (C=O) groups is 2. The number of amides is 2. The molecule has 1 saturated heterocycles. The third-order valence-corrected chi connectivity index (χ3v) is 5.77. The van der Waals surface area contributed by atoms with Crippen LogP contribution in [0.15, 0.2) is 36.4 Å². The molecule has 1 atom stereocenters. The fourth-order valence-corrected chi connectivity index (χ4v) is 4.26. The molecule has 1 aromatic heterocycles. The molecule has 5 rings (SSSR count). The molecule has 7 heteroatoms. The zero-order chi connectivity index (χ0) is 20.8. The standard InChI is InChI=1S/C23H23N3O4/c1-13-3-5-17-15(7-13)16(10-19-23(28)26(2)11-22(27)25-19)18(24-17)8-14-4-6-20-21(9-14)30-12-29-20/h3-7,9,19,24H,8,10-12H2,1-2H3,(H,25,27). The number of carbonyl (C=O) groups excluding carboxylic acids is 2. The van der Waals surface area contributed by atoms with Gasteiger partial charge in [0.1, 0.15) is 6.04 Å². The lowest BCUT2D eigenvalue weighted by molar-refractivity contribution is -0.142. The van der Waals surface area contributed by atoms with Crippen LogP contribution in [-0.4, -0.2) is 48.1 Å². The fraction of sp³-hybridized carbons (Fsp3) is 0.304. The first-order valence-corrected chi connectivity index (χ1v) is 10.0. The van der Waals surface area contributed by atoms with Crippen LogP contribution in [0, 0.1) is 6.92 Å². The van der Waals surface area contributed by atoms with Gasteiger partial charge in [-0.3, -0.25) is 9.59 Å². The van der Waals surface area contributed by atoms with Crippen LogP contribution in [0.5, 0.6) is 11.5 Å². The van der Waals surface area contributed by atoms with Crippen molar-refractivity contribution in [1.82, 2.24) is 15.2 Å². The lowest BCUT2D eigenvalue weighted by atomic mass is 9.96. The molecule has 2 aliphatic heterocycles. The van der Waals surface area contributed by atoms with Gasteiger partial charge in [-0.15, -0.1) is 0 Å². The number of H-pyrrole nitrogens is 1. The number of rotatable bonds is 4. The number of hydrogen-bond acceptors (Lipinski definition) is 4. The molecule has 0 aliphatic carbocycles. The maximum Gasteiger partial charge on any atom is 0.245 e. The van der Waals surface area contributed by atoms with Crippen molar-refractivity contribution in [3.05, 3.63) is 58.8 Å². The number of aromatic nitrogens is 1. The van der Waals surface area contributed by atoms with Crippen LogP contribution >= 0.6 is 0 Å². The van der Waals surface area contributed by atoms with Gasteiger partial charge in [0.25, 0.3) is 0 Å². The maximum absolute atomic E-state index is 12.7. The van der Waals surface area contributed by atoms with Crippen LogP contribution in [0.2, 0.25) is 0 Å². The zero-order valence-electron chi connectivity index (χ0n) is 17.0. The van der Waals surface area contributed by atoms with Gasteiger partial charge in [-0.2, -0.15) is 0 Å². The number of nitrogens with zero attached hydrogens (tertiary/aromatic N) is 1. The number of piperazine rings is 1. The summed E-state index contributed by atoms with van der Waals surface area (Å²) in [4.78, 5) is 29.7. The number of fused-ring (bicyclic) bond motifs is 2. The molecule has 1 fully saturated rings. The lowest BCUT2D eigenvalue weighted by Crippen LogP contribution is -2.57. The minimum absolute atomic E-state index is 0.0642. The summed E-state index contributed by atoms with van der Waals surface area (Å²) in [7, 11) is 1.67. The predicted molar refractivity (Wildman–Crippen MR) is 112 cm³/mol. The average Bonchev–Trinajstić information content (AvgIpc) is 3.30. The van der Waals surface area contributed by atoms with E-state index in [1.807, 2.05) is 18.2 Å². The highest BCUT2D eigenvalue weighted by Crippen LogP contribution is 2.34. The van der Waals surface area contributed by atoms with Gasteiger partial charge in [-0.1, -0.05) is 17.7 Å². The van der Waals surface area contributed by atoms with Crippen LogP contribution < -0.4 is 14.8 Å². The Morgan fingerprint density at radius 2 is 1.93 bits per heavy atom. The van der Waals surface area contributed by atoms with Gasteiger partial charge in [-0.25, -0.2) is 0 Å². The number of ether oxygens (including phenoxy) is 2. The highest BCUT2D eigenvalue weighted by atomic mass is 16.7. The molecule has 0 spiro atoms. The molecule has 2 amide bonds. The van der Waals surface area contributed by atoms with Gasteiger partial charge in [0.15, 0.2) is 11.5 Å². The van der Waals surface area contributed by atoms with Gasteiger partial charge in [0.2, 0.25) is 18.6 Å². The van der Waals surface area contributed by atoms with E-state index in [-0.39, 0.29) is 25.2 Å². The highest BCUT2D eigenvalue weighted by Gasteiger charge is 2.31. The van der Waals surface area contributed by atoms with Crippen LogP contribution in [0.25, 0.3) is 10.9 Å². The Kier molecular flexibility index (Phi) is 4.38. The summed E-state index contributed by atoms with van der Waals surface area (Å²) in [5.74, 6) is 1.31. The first-order valence-electron chi connectivity index (χ1n) is 10.0. The topological polar surface area (TPSA) is 83.7 Å². The number of hydrogen-bond donors (Lipinski definition) is 2. The predicted octanol–water partition coefficient (Wildman–Crippen LogP) is 2.30. The Morgan fingerprint density at radius 3 is 2.80 bits per heavy atom. The third-order valence-electron chi connectivity index (χ3n) is 5.77. The molecule has 2 aromatic carbocycles. The van der Waals surface area contributed by atoms with Gasteiger partial charge in [-0.05, 0) is 42.3 Å². The molecule has 0 saturated carbocycles. The van der Waals surface area contributed by atoms with Crippen molar-refractivity contribution >= 4 is 22.7 Å². The van der Waals surface area contributed by atoms with E-state index in [1.54, 1.807) is 7.05 Å². The van der Waals surface area contributed by atoms with Crippen LogP contribution in [0.1, 0.15) is 22.4 Å². The fourth-order valence-electron chi connectivity index (χ4n) is 4.26. The third kappa shape index (κ3) is 3.26. The number of benzene rings is 2. The van der Waals surface area contributed by atoms with Gasteiger partial charge in [0.05, 0.1) is 6.54 Å². The summed E-state index contributed by atoms with van der Waals surface area (Å²) >= 11 is 0. The van der Waals surface area contributed by atoms with Gasteiger partial charge in [0, 0.05) is 36.5 Å². The maximum atomic E-state index is 12.7. The van der Waals surface area contributed by atoms with Crippen molar-refractivity contribution < 1.29 is 19.1 Å². The number of aromatic amines is 1. The largest absolute Gasteiger partial charge is 0.454 e. The van der Waals surface area contributed by atoms with Crippen molar-refractivity contribution in [2.24, 2.45) is 0 Å². The molecule has 2 aliphatic rings. The van der Waals surface area contributed by atoms with Crippen molar-refractivity contribution in [3.8, 4) is 11.5 Å². The van der Waals surface area contributed by atoms with E-state index < -0.39 is 6.04 Å². The summed E-state index contributed by atoms with van der Waals surface area (Å²) < 4.78 is 10.9. The lowest BCUT2D eigenvalue weighted by Gasteiger charge is -2.30. The van der Waals surface area contributed by atoms with Crippen LogP contribution in [0.4, 0.5) is 0 Å². The Hall–Kier alpha value is -3.48. The van der Waals surface area contributed by atoms with Gasteiger partial charge < -0.3 is 24.7 Å². The van der Waals surface area contributed by atoms with Gasteiger partial charge >= 0.3 is 0 Å². The molecule has 3 heterocycles. The average molecular weight is 405 g/mol. The van der Waals surface area contributed by atoms with E-state index in [1.165, 1.54) is 4.90 Å². The Bertz CT molecular complexity index is 1170. The number of aryl methyl sites for hydroxylation is 1. The molecule has 3 aromatic rings. The van der Waals surface area contributed by atoms with E-state index in [0.29, 0.717) is 12.8 Å². The second-order valence-corrected chi connectivity index (χ2v) is 8.01. The molecule has 7 nitrogen and oxygen atoms in total. The zero-order valence-corrected chi connectivity index (χ0v) is 17.0. The summed E-state index contributed by atoms with van der Waals surface area (Å²) in [5.41, 5.74) is 5.34. The van der Waals surface area contributed by atoms with E-state index >= 15 is 0 Å². The molecule has 154 valence electrons. The second-order valence-electron chi connectivity index (χ2n) is 8.01. The number of nitrogens with one attached hydrogen (secondary N) is 2. The van der Waals surface area contributed by atoms with Crippen molar-refractivity contribution in [3.63, 3.8) is 0 Å². The number of likely N-dealkylation sites (N-methyl/N-ethyl adjacent to an activating group) is 1. The van der Waals surface area contributed by atoms with E-state index in [2.05, 4.69) is 35.4 Å². The molecular weight excluding hydrogens is 382 g/mol. The quantitative estimate of drug-likeness (QED) is 0.698. The monoisotopic (exact) mass is 405 g/mol. The van der Waals surface area contributed by atoms with Crippen molar-refractivity contribution in [1.29, 1.82) is 0 Å². The van der Waals surface area contributed by atoms with Crippen molar-refractivity contribution in [2.75, 3.05) is 20.4 Å². The normalized spacial score (nSPS) is 18.2. The molecule has 0 radical (unpaired) electrons. The molecule has 2 N–H and O–H groups in total.